The van der Waals surface area contributed by atoms with Gasteiger partial charge in [-0.25, -0.2) is 0 Å². The van der Waals surface area contributed by atoms with Crippen LogP contribution in [-0.4, -0.2) is 10.7 Å². The summed E-state index contributed by atoms with van der Waals surface area (Å²) in [6.07, 6.45) is 1.87. The number of thioether (sulfide) groups is 1. The van der Waals surface area contributed by atoms with Crippen LogP contribution in [0.1, 0.15) is 11.6 Å². The molecule has 2 nitrogen and oxygen atoms in total. The van der Waals surface area contributed by atoms with Crippen molar-refractivity contribution >= 4 is 34.3 Å². The van der Waals surface area contributed by atoms with Gasteiger partial charge in [-0.2, -0.15) is 0 Å². The molecule has 0 aliphatic carbocycles. The second-order valence-corrected chi connectivity index (χ2v) is 6.36. The predicted octanol–water partition coefficient (Wildman–Crippen LogP) is 4.68. The lowest BCUT2D eigenvalue weighted by molar-refractivity contribution is 0.827. The number of hydrogen-bond acceptors (Lipinski definition) is 3. The average Bonchev–Trinajstić information content (AvgIpc) is 2.53. The summed E-state index contributed by atoms with van der Waals surface area (Å²) in [6, 6.07) is 18.0. The van der Waals surface area contributed by atoms with Crippen molar-refractivity contribution < 1.29 is 0 Å². The van der Waals surface area contributed by atoms with E-state index in [2.05, 4.69) is 17.1 Å². The third-order valence-corrected chi connectivity index (χ3v) is 4.67. The molecule has 0 aliphatic heterocycles. The van der Waals surface area contributed by atoms with Crippen molar-refractivity contribution in [2.24, 2.45) is 5.73 Å². The summed E-state index contributed by atoms with van der Waals surface area (Å²) in [5.74, 6) is 0.807. The maximum atomic E-state index is 6.28. The van der Waals surface area contributed by atoms with Crippen LogP contribution in [-0.2, 0) is 0 Å². The normalized spacial score (nSPS) is 12.5. The van der Waals surface area contributed by atoms with E-state index in [1.807, 2.05) is 48.7 Å². The first kappa shape index (κ1) is 14.4. The molecular formula is C17H15ClN2S. The molecule has 1 heterocycles. The van der Waals surface area contributed by atoms with Crippen LogP contribution in [0.25, 0.3) is 10.9 Å². The minimum absolute atomic E-state index is 0.0391. The molecule has 0 fully saturated rings. The highest BCUT2D eigenvalue weighted by atomic mass is 35.5. The van der Waals surface area contributed by atoms with Gasteiger partial charge in [0, 0.05) is 33.3 Å². The third kappa shape index (κ3) is 3.56. The second kappa shape index (κ2) is 6.48. The molecular weight excluding hydrogens is 300 g/mol. The van der Waals surface area contributed by atoms with E-state index in [1.54, 1.807) is 11.8 Å². The van der Waals surface area contributed by atoms with Crippen molar-refractivity contribution in [3.05, 3.63) is 71.4 Å². The Morgan fingerprint density at radius 3 is 2.67 bits per heavy atom. The number of nitrogens with zero attached hydrogens (tertiary/aromatic N) is 1. The highest BCUT2D eigenvalue weighted by Gasteiger charge is 2.08. The van der Waals surface area contributed by atoms with Crippen molar-refractivity contribution in [1.82, 2.24) is 4.98 Å². The fourth-order valence-corrected chi connectivity index (χ4v) is 3.12. The monoisotopic (exact) mass is 314 g/mol. The summed E-state index contributed by atoms with van der Waals surface area (Å²) >= 11 is 7.61. The molecule has 0 radical (unpaired) electrons. The lowest BCUT2D eigenvalue weighted by Crippen LogP contribution is -2.13. The predicted molar refractivity (Wildman–Crippen MR) is 90.8 cm³/mol. The highest BCUT2D eigenvalue weighted by molar-refractivity contribution is 7.99. The molecule has 0 saturated carbocycles. The van der Waals surface area contributed by atoms with Gasteiger partial charge in [0.1, 0.15) is 0 Å². The van der Waals surface area contributed by atoms with E-state index in [1.165, 1.54) is 4.90 Å². The number of halogens is 1. The lowest BCUT2D eigenvalue weighted by Gasteiger charge is -2.12. The summed E-state index contributed by atoms with van der Waals surface area (Å²) in [7, 11) is 0. The Morgan fingerprint density at radius 1 is 1.10 bits per heavy atom. The molecule has 2 aromatic carbocycles. The van der Waals surface area contributed by atoms with Crippen molar-refractivity contribution in [3.63, 3.8) is 0 Å². The molecule has 0 aliphatic rings. The summed E-state index contributed by atoms with van der Waals surface area (Å²) in [6.45, 7) is 0. The largest absolute Gasteiger partial charge is 0.323 e. The summed E-state index contributed by atoms with van der Waals surface area (Å²) in [5, 5.41) is 1.88. The molecule has 1 aromatic heterocycles. The number of fused-ring (bicyclic) bond motifs is 1. The number of hydrogen-bond donors (Lipinski definition) is 1. The summed E-state index contributed by atoms with van der Waals surface area (Å²) < 4.78 is 0. The van der Waals surface area contributed by atoms with Gasteiger partial charge in [-0.05, 0) is 42.0 Å². The lowest BCUT2D eigenvalue weighted by atomic mass is 10.1. The van der Waals surface area contributed by atoms with Crippen molar-refractivity contribution in [2.75, 3.05) is 5.75 Å². The molecule has 3 rings (SSSR count). The Balaban J connectivity index is 1.71. The smallest absolute Gasteiger partial charge is 0.0702 e. The van der Waals surface area contributed by atoms with E-state index in [0.717, 1.165) is 27.2 Å². The SMILES string of the molecule is NC(CSc1ccc(Cl)cc1)c1cnc2ccccc2c1. The molecule has 3 aromatic rings. The third-order valence-electron chi connectivity index (χ3n) is 3.28. The zero-order valence-electron chi connectivity index (χ0n) is 11.4. The standard InChI is InChI=1S/C17H15ClN2S/c18-14-5-7-15(8-6-14)21-11-16(19)13-9-12-3-1-2-4-17(12)20-10-13/h1-10,16H,11,19H2. The quantitative estimate of drug-likeness (QED) is 0.711. The van der Waals surface area contributed by atoms with E-state index >= 15 is 0 Å². The summed E-state index contributed by atoms with van der Waals surface area (Å²) in [4.78, 5) is 5.63. The van der Waals surface area contributed by atoms with Crippen LogP contribution in [0.3, 0.4) is 0 Å². The number of nitrogens with two attached hydrogens (primary N) is 1. The van der Waals surface area contributed by atoms with Gasteiger partial charge in [0.25, 0.3) is 0 Å². The number of pyridine rings is 1. The van der Waals surface area contributed by atoms with Crippen LogP contribution in [0, 0.1) is 0 Å². The Morgan fingerprint density at radius 2 is 1.86 bits per heavy atom. The van der Waals surface area contributed by atoms with Crippen LogP contribution in [0.4, 0.5) is 0 Å². The molecule has 106 valence electrons. The van der Waals surface area contributed by atoms with Crippen LogP contribution in [0.2, 0.25) is 5.02 Å². The molecule has 4 heteroatoms. The number of para-hydroxylation sites is 1. The first-order valence-electron chi connectivity index (χ1n) is 6.71. The van der Waals surface area contributed by atoms with E-state index in [9.17, 15) is 0 Å². The van der Waals surface area contributed by atoms with Crippen molar-refractivity contribution in [2.45, 2.75) is 10.9 Å². The van der Waals surface area contributed by atoms with Gasteiger partial charge in [-0.1, -0.05) is 29.8 Å². The second-order valence-electron chi connectivity index (χ2n) is 4.83. The Kier molecular flexibility index (Phi) is 4.44. The number of benzene rings is 2. The molecule has 1 atom stereocenters. The van der Waals surface area contributed by atoms with E-state index in [4.69, 9.17) is 17.3 Å². The van der Waals surface area contributed by atoms with Gasteiger partial charge in [0.15, 0.2) is 0 Å². The summed E-state index contributed by atoms with van der Waals surface area (Å²) in [5.41, 5.74) is 8.34. The molecule has 0 saturated heterocycles. The zero-order valence-corrected chi connectivity index (χ0v) is 12.9. The highest BCUT2D eigenvalue weighted by Crippen LogP contribution is 2.25. The minimum Gasteiger partial charge on any atom is -0.323 e. The molecule has 0 amide bonds. The first-order chi connectivity index (χ1) is 10.2. The van der Waals surface area contributed by atoms with Crippen molar-refractivity contribution in [3.8, 4) is 0 Å². The van der Waals surface area contributed by atoms with E-state index in [-0.39, 0.29) is 6.04 Å². The topological polar surface area (TPSA) is 38.9 Å². The van der Waals surface area contributed by atoms with Gasteiger partial charge in [-0.15, -0.1) is 11.8 Å². The van der Waals surface area contributed by atoms with Gasteiger partial charge >= 0.3 is 0 Å². The molecule has 0 bridgehead atoms. The Labute approximate surface area is 133 Å². The number of rotatable bonds is 4. The van der Waals surface area contributed by atoms with Crippen LogP contribution < -0.4 is 5.73 Å². The zero-order chi connectivity index (χ0) is 14.7. The van der Waals surface area contributed by atoms with Gasteiger partial charge in [-0.3, -0.25) is 4.98 Å². The van der Waals surface area contributed by atoms with Gasteiger partial charge in [0.05, 0.1) is 5.52 Å². The average molecular weight is 315 g/mol. The van der Waals surface area contributed by atoms with E-state index < -0.39 is 0 Å². The first-order valence-corrected chi connectivity index (χ1v) is 8.07. The maximum absolute atomic E-state index is 6.28. The fraction of sp³-hybridized carbons (Fsp3) is 0.118. The molecule has 2 N–H and O–H groups in total. The molecule has 0 spiro atoms. The molecule has 21 heavy (non-hydrogen) atoms. The molecule has 1 unspecified atom stereocenters. The van der Waals surface area contributed by atoms with Crippen LogP contribution >= 0.6 is 23.4 Å². The van der Waals surface area contributed by atoms with Gasteiger partial charge in [0.2, 0.25) is 0 Å². The van der Waals surface area contributed by atoms with Crippen molar-refractivity contribution in [1.29, 1.82) is 0 Å². The Hall–Kier alpha value is -1.55. The minimum atomic E-state index is -0.0391. The van der Waals surface area contributed by atoms with Crippen LogP contribution in [0.5, 0.6) is 0 Å². The number of aromatic nitrogens is 1. The van der Waals surface area contributed by atoms with Gasteiger partial charge < -0.3 is 5.73 Å². The van der Waals surface area contributed by atoms with Crippen LogP contribution in [0.15, 0.2) is 65.7 Å². The maximum Gasteiger partial charge on any atom is 0.0702 e. The Bertz CT molecular complexity index is 743. The van der Waals surface area contributed by atoms with E-state index in [0.29, 0.717) is 0 Å². The fourth-order valence-electron chi connectivity index (χ4n) is 2.10.